The van der Waals surface area contributed by atoms with E-state index in [4.69, 9.17) is 13.9 Å². The Bertz CT molecular complexity index is 652. The SMILES string of the molecule is CC(=O)O[C@H]1[C@H](O[Si](C)(C)C(C)(C)C)[C@@H](Sc2ccccc2)[C@@H](O)O[C@@H]1CBr. The normalized spacial score (nSPS) is 28.8. The van der Waals surface area contributed by atoms with Crippen molar-refractivity contribution in [1.82, 2.24) is 0 Å². The molecule has 158 valence electrons. The predicted octanol–water partition coefficient (Wildman–Crippen LogP) is 4.58. The van der Waals surface area contributed by atoms with Crippen molar-refractivity contribution in [2.45, 2.75) is 80.6 Å². The van der Waals surface area contributed by atoms with Gasteiger partial charge in [-0.05, 0) is 30.3 Å². The number of aliphatic hydroxyl groups is 1. The summed E-state index contributed by atoms with van der Waals surface area (Å²) < 4.78 is 18.2. The largest absolute Gasteiger partial charge is 0.457 e. The molecule has 8 heteroatoms. The summed E-state index contributed by atoms with van der Waals surface area (Å²) >= 11 is 4.91. The number of carbonyl (C=O) groups is 1. The number of ether oxygens (including phenoxy) is 2. The monoisotopic (exact) mass is 490 g/mol. The van der Waals surface area contributed by atoms with E-state index in [2.05, 4.69) is 49.8 Å². The fraction of sp³-hybridized carbons (Fsp3) is 0.650. The molecule has 1 fully saturated rings. The Morgan fingerprint density at radius 1 is 1.25 bits per heavy atom. The smallest absolute Gasteiger partial charge is 0.303 e. The lowest BCUT2D eigenvalue weighted by Gasteiger charge is -2.48. The molecule has 1 aliphatic heterocycles. The lowest BCUT2D eigenvalue weighted by molar-refractivity contribution is -0.227. The number of hydrogen-bond donors (Lipinski definition) is 1. The third-order valence-corrected chi connectivity index (χ3v) is 11.7. The molecular formula is C20H31BrO5SSi. The fourth-order valence-corrected chi connectivity index (χ4v) is 5.87. The standard InChI is InChI=1S/C20H31BrO5SSi/c1-13(22)24-16-15(12-21)25-19(23)18(27-14-10-8-7-9-11-14)17(16)26-28(5,6)20(2,3)4/h7-11,15-19,23H,12H2,1-6H3/t15-,16-,17+,18-,19+/m1/s1. The topological polar surface area (TPSA) is 65.0 Å². The summed E-state index contributed by atoms with van der Waals surface area (Å²) in [5, 5.41) is 10.8. The van der Waals surface area contributed by atoms with E-state index >= 15 is 0 Å². The van der Waals surface area contributed by atoms with E-state index < -0.39 is 38.2 Å². The van der Waals surface area contributed by atoms with E-state index in [0.29, 0.717) is 5.33 Å². The number of thioether (sulfide) groups is 1. The molecule has 1 aliphatic rings. The molecule has 1 N–H and O–H groups in total. The Balaban J connectivity index is 2.41. The number of rotatable bonds is 6. The van der Waals surface area contributed by atoms with Crippen LogP contribution >= 0.6 is 27.7 Å². The Kier molecular flexibility index (Phi) is 8.21. The molecule has 0 bridgehead atoms. The van der Waals surface area contributed by atoms with Crippen LogP contribution in [0.5, 0.6) is 0 Å². The van der Waals surface area contributed by atoms with E-state index in [9.17, 15) is 9.90 Å². The van der Waals surface area contributed by atoms with Crippen molar-refractivity contribution in [3.8, 4) is 0 Å². The number of halogens is 1. The molecule has 1 saturated heterocycles. The van der Waals surface area contributed by atoms with Crippen molar-refractivity contribution in [1.29, 1.82) is 0 Å². The lowest BCUT2D eigenvalue weighted by Crippen LogP contribution is -2.62. The van der Waals surface area contributed by atoms with Crippen LogP contribution in [0.3, 0.4) is 0 Å². The minimum atomic E-state index is -2.20. The van der Waals surface area contributed by atoms with E-state index in [-0.39, 0.29) is 11.0 Å². The maximum absolute atomic E-state index is 11.8. The molecule has 1 aromatic rings. The summed E-state index contributed by atoms with van der Waals surface area (Å²) in [6.07, 6.45) is -2.60. The molecule has 0 amide bonds. The number of hydrogen-bond acceptors (Lipinski definition) is 6. The van der Waals surface area contributed by atoms with E-state index in [1.807, 2.05) is 30.3 Å². The van der Waals surface area contributed by atoms with Crippen LogP contribution in [0.2, 0.25) is 18.1 Å². The summed E-state index contributed by atoms with van der Waals surface area (Å²) in [4.78, 5) is 12.8. The molecule has 2 rings (SSSR count). The third-order valence-electron chi connectivity index (χ3n) is 5.32. The Hall–Kier alpha value is -0.383. The van der Waals surface area contributed by atoms with Crippen molar-refractivity contribution in [2.24, 2.45) is 0 Å². The summed E-state index contributed by atoms with van der Waals surface area (Å²) in [7, 11) is -2.20. The zero-order chi connectivity index (χ0) is 21.1. The quantitative estimate of drug-likeness (QED) is 0.357. The number of carbonyl (C=O) groups excluding carboxylic acids is 1. The van der Waals surface area contributed by atoms with Crippen LogP contribution in [0.4, 0.5) is 0 Å². The van der Waals surface area contributed by atoms with Crippen LogP contribution in [0.25, 0.3) is 0 Å². The van der Waals surface area contributed by atoms with E-state index in [0.717, 1.165) is 4.90 Å². The third kappa shape index (κ3) is 5.83. The molecule has 1 heterocycles. The minimum absolute atomic E-state index is 0.0249. The summed E-state index contributed by atoms with van der Waals surface area (Å²) in [6, 6.07) is 9.82. The highest BCUT2D eigenvalue weighted by molar-refractivity contribution is 9.09. The second-order valence-electron chi connectivity index (χ2n) is 8.53. The van der Waals surface area contributed by atoms with Crippen LogP contribution in [0, 0.1) is 0 Å². The molecule has 0 aliphatic carbocycles. The summed E-state index contributed by atoms with van der Waals surface area (Å²) in [5.74, 6) is -0.386. The average Bonchev–Trinajstić information content (AvgIpc) is 2.59. The average molecular weight is 492 g/mol. The molecule has 5 nitrogen and oxygen atoms in total. The summed E-state index contributed by atoms with van der Waals surface area (Å²) in [6.45, 7) is 12.2. The van der Waals surface area contributed by atoms with Crippen LogP contribution in [0.15, 0.2) is 35.2 Å². The van der Waals surface area contributed by atoms with Gasteiger partial charge in [-0.25, -0.2) is 0 Å². The van der Waals surface area contributed by atoms with Gasteiger partial charge in [0.05, 0.1) is 5.25 Å². The number of esters is 1. The number of aliphatic hydroxyl groups excluding tert-OH is 1. The van der Waals surface area contributed by atoms with Crippen LogP contribution in [0.1, 0.15) is 27.7 Å². The van der Waals surface area contributed by atoms with Gasteiger partial charge < -0.3 is 19.0 Å². The van der Waals surface area contributed by atoms with Gasteiger partial charge in [0.15, 0.2) is 20.7 Å². The van der Waals surface area contributed by atoms with Crippen molar-refractivity contribution >= 4 is 42.0 Å². The molecule has 5 atom stereocenters. The summed E-state index contributed by atoms with van der Waals surface area (Å²) in [5.41, 5.74) is 0. The van der Waals surface area contributed by atoms with Crippen molar-refractivity contribution < 1.29 is 23.8 Å². The second kappa shape index (κ2) is 9.62. The fourth-order valence-electron chi connectivity index (χ4n) is 2.79. The van der Waals surface area contributed by atoms with Crippen molar-refractivity contribution in [3.63, 3.8) is 0 Å². The van der Waals surface area contributed by atoms with E-state index in [1.165, 1.54) is 18.7 Å². The first-order chi connectivity index (χ1) is 13.0. The van der Waals surface area contributed by atoms with Crippen LogP contribution in [-0.4, -0.2) is 54.6 Å². The highest BCUT2D eigenvalue weighted by Crippen LogP contribution is 2.43. The van der Waals surface area contributed by atoms with Gasteiger partial charge in [0.2, 0.25) is 0 Å². The Morgan fingerprint density at radius 2 is 1.86 bits per heavy atom. The maximum atomic E-state index is 11.8. The highest BCUT2D eigenvalue weighted by Gasteiger charge is 2.51. The molecule has 28 heavy (non-hydrogen) atoms. The van der Waals surface area contributed by atoms with E-state index in [1.54, 1.807) is 0 Å². The van der Waals surface area contributed by atoms with Crippen molar-refractivity contribution in [3.05, 3.63) is 30.3 Å². The molecule has 0 radical (unpaired) electrons. The second-order valence-corrected chi connectivity index (χ2v) is 15.2. The Morgan fingerprint density at radius 3 is 2.36 bits per heavy atom. The van der Waals surface area contributed by atoms with Gasteiger partial charge in [0.25, 0.3) is 0 Å². The molecule has 0 unspecified atom stereocenters. The zero-order valence-corrected chi connectivity index (χ0v) is 20.7. The zero-order valence-electron chi connectivity index (χ0n) is 17.3. The molecular weight excluding hydrogens is 460 g/mol. The van der Waals surface area contributed by atoms with Gasteiger partial charge >= 0.3 is 5.97 Å². The van der Waals surface area contributed by atoms with Gasteiger partial charge in [-0.15, -0.1) is 11.8 Å². The number of benzene rings is 1. The number of alkyl halides is 1. The van der Waals surface area contributed by atoms with Gasteiger partial charge in [0, 0.05) is 17.1 Å². The first-order valence-corrected chi connectivity index (χ1v) is 14.3. The highest BCUT2D eigenvalue weighted by atomic mass is 79.9. The molecule has 0 saturated carbocycles. The molecule has 0 aromatic heterocycles. The lowest BCUT2D eigenvalue weighted by atomic mass is 10.0. The first-order valence-electron chi connectivity index (χ1n) is 9.42. The maximum Gasteiger partial charge on any atom is 0.303 e. The van der Waals surface area contributed by atoms with Gasteiger partial charge in [-0.1, -0.05) is 54.9 Å². The van der Waals surface area contributed by atoms with Crippen LogP contribution < -0.4 is 0 Å². The Labute approximate surface area is 181 Å². The van der Waals surface area contributed by atoms with Crippen molar-refractivity contribution in [2.75, 3.05) is 5.33 Å². The van der Waals surface area contributed by atoms with Gasteiger partial charge in [-0.2, -0.15) is 0 Å². The van der Waals surface area contributed by atoms with Gasteiger partial charge in [-0.3, -0.25) is 4.79 Å². The first kappa shape index (κ1) is 23.9. The van der Waals surface area contributed by atoms with Crippen LogP contribution in [-0.2, 0) is 18.7 Å². The predicted molar refractivity (Wildman–Crippen MR) is 118 cm³/mol. The minimum Gasteiger partial charge on any atom is -0.457 e. The molecule has 0 spiro atoms. The molecule has 1 aromatic carbocycles. The van der Waals surface area contributed by atoms with Gasteiger partial charge in [0.1, 0.15) is 12.2 Å².